The molecule has 0 aliphatic carbocycles. The predicted molar refractivity (Wildman–Crippen MR) is 117 cm³/mol. The van der Waals surface area contributed by atoms with Crippen molar-refractivity contribution in [3.05, 3.63) is 45.9 Å². The zero-order chi connectivity index (χ0) is 20.8. The van der Waals surface area contributed by atoms with Gasteiger partial charge >= 0.3 is 6.03 Å². The zero-order valence-electron chi connectivity index (χ0n) is 17.7. The van der Waals surface area contributed by atoms with Gasteiger partial charge in [0.1, 0.15) is 5.75 Å². The van der Waals surface area contributed by atoms with Crippen molar-refractivity contribution < 1.29 is 9.53 Å². The second-order valence-electron chi connectivity index (χ2n) is 7.56. The van der Waals surface area contributed by atoms with E-state index in [1.54, 1.807) is 18.4 Å². The standard InChI is InChI=1S/C21H31N5O2S/c1-16-23-18(15-29-16)14-25-8-10-26(11-9-25)21(27)22-13-20(24(2)3)17-6-5-7-19(12-17)28-4/h5-7,12,15,20H,8-11,13-14H2,1-4H3,(H,22,27). The molecule has 0 spiro atoms. The average molecular weight is 418 g/mol. The number of piperazine rings is 1. The molecule has 158 valence electrons. The first-order valence-electron chi connectivity index (χ1n) is 9.92. The molecule has 3 rings (SSSR count). The van der Waals surface area contributed by atoms with Crippen LogP contribution in [0, 0.1) is 6.92 Å². The Hall–Kier alpha value is -2.16. The molecule has 1 aliphatic rings. The first-order chi connectivity index (χ1) is 14.0. The van der Waals surface area contributed by atoms with Crippen LogP contribution in [0.2, 0.25) is 0 Å². The lowest BCUT2D eigenvalue weighted by Gasteiger charge is -2.35. The number of hydrogen-bond donors (Lipinski definition) is 1. The molecule has 0 saturated carbocycles. The van der Waals surface area contributed by atoms with E-state index in [0.717, 1.165) is 54.7 Å². The lowest BCUT2D eigenvalue weighted by Crippen LogP contribution is -2.52. The van der Waals surface area contributed by atoms with Crippen LogP contribution < -0.4 is 10.1 Å². The second kappa shape index (κ2) is 10.0. The van der Waals surface area contributed by atoms with Crippen molar-refractivity contribution in [1.29, 1.82) is 0 Å². The number of hydrogen-bond acceptors (Lipinski definition) is 6. The van der Waals surface area contributed by atoms with Crippen LogP contribution in [0.4, 0.5) is 4.79 Å². The number of carbonyl (C=O) groups is 1. The summed E-state index contributed by atoms with van der Waals surface area (Å²) in [5.74, 6) is 0.826. The summed E-state index contributed by atoms with van der Waals surface area (Å²) < 4.78 is 5.34. The Labute approximate surface area is 177 Å². The molecule has 1 aromatic carbocycles. The fraction of sp³-hybridized carbons (Fsp3) is 0.524. The van der Waals surface area contributed by atoms with Crippen molar-refractivity contribution in [2.75, 3.05) is 53.9 Å². The average Bonchev–Trinajstić information content (AvgIpc) is 3.13. The number of urea groups is 1. The molecular formula is C21H31N5O2S. The summed E-state index contributed by atoms with van der Waals surface area (Å²) in [7, 11) is 5.71. The van der Waals surface area contributed by atoms with Gasteiger partial charge in [-0.25, -0.2) is 9.78 Å². The fourth-order valence-electron chi connectivity index (χ4n) is 3.56. The number of aryl methyl sites for hydroxylation is 1. The molecule has 1 fully saturated rings. The van der Waals surface area contributed by atoms with Gasteiger partial charge in [-0.1, -0.05) is 12.1 Å². The van der Waals surface area contributed by atoms with Gasteiger partial charge in [0.15, 0.2) is 0 Å². The second-order valence-corrected chi connectivity index (χ2v) is 8.63. The number of benzene rings is 1. The predicted octanol–water partition coefficient (Wildman–Crippen LogP) is 2.59. The number of methoxy groups -OCH3 is 1. The molecule has 7 nitrogen and oxygen atoms in total. The third-order valence-electron chi connectivity index (χ3n) is 5.26. The number of likely N-dealkylation sites (N-methyl/N-ethyl adjacent to an activating group) is 1. The first-order valence-corrected chi connectivity index (χ1v) is 10.8. The number of amides is 2. The summed E-state index contributed by atoms with van der Waals surface area (Å²) >= 11 is 1.69. The molecular weight excluding hydrogens is 386 g/mol. The van der Waals surface area contributed by atoms with E-state index >= 15 is 0 Å². The van der Waals surface area contributed by atoms with Crippen molar-refractivity contribution in [2.45, 2.75) is 19.5 Å². The highest BCUT2D eigenvalue weighted by Gasteiger charge is 2.23. The normalized spacial score (nSPS) is 16.1. The Morgan fingerprint density at radius 1 is 1.31 bits per heavy atom. The lowest BCUT2D eigenvalue weighted by atomic mass is 10.1. The van der Waals surface area contributed by atoms with Crippen LogP contribution in [-0.2, 0) is 6.54 Å². The van der Waals surface area contributed by atoms with Gasteiger partial charge in [0, 0.05) is 44.6 Å². The molecule has 2 amide bonds. The van der Waals surface area contributed by atoms with Gasteiger partial charge in [-0.3, -0.25) is 4.90 Å². The number of ether oxygens (including phenoxy) is 1. The van der Waals surface area contributed by atoms with Gasteiger partial charge in [-0.2, -0.15) is 0 Å². The molecule has 1 N–H and O–H groups in total. The number of rotatable bonds is 7. The minimum atomic E-state index is 0.00361. The Bertz CT molecular complexity index is 802. The molecule has 0 radical (unpaired) electrons. The van der Waals surface area contributed by atoms with Gasteiger partial charge in [-0.05, 0) is 38.7 Å². The maximum Gasteiger partial charge on any atom is 0.317 e. The largest absolute Gasteiger partial charge is 0.497 e. The third kappa shape index (κ3) is 5.91. The van der Waals surface area contributed by atoms with Gasteiger partial charge in [-0.15, -0.1) is 11.3 Å². The zero-order valence-corrected chi connectivity index (χ0v) is 18.5. The number of nitrogens with zero attached hydrogens (tertiary/aromatic N) is 4. The van der Waals surface area contributed by atoms with E-state index in [1.165, 1.54) is 0 Å². The third-order valence-corrected chi connectivity index (χ3v) is 6.08. The van der Waals surface area contributed by atoms with Crippen molar-refractivity contribution in [3.63, 3.8) is 0 Å². The summed E-state index contributed by atoms with van der Waals surface area (Å²) in [6.07, 6.45) is 0. The highest BCUT2D eigenvalue weighted by Crippen LogP contribution is 2.22. The van der Waals surface area contributed by atoms with Gasteiger partial charge in [0.25, 0.3) is 0 Å². The van der Waals surface area contributed by atoms with E-state index in [1.807, 2.05) is 44.1 Å². The molecule has 8 heteroatoms. The summed E-state index contributed by atoms with van der Waals surface area (Å²) in [5.41, 5.74) is 2.25. The van der Waals surface area contributed by atoms with Gasteiger partial charge in [0.2, 0.25) is 0 Å². The Balaban J connectivity index is 1.49. The highest BCUT2D eigenvalue weighted by molar-refractivity contribution is 7.09. The van der Waals surface area contributed by atoms with Crippen molar-refractivity contribution in [1.82, 2.24) is 25.0 Å². The van der Waals surface area contributed by atoms with E-state index in [2.05, 4.69) is 31.5 Å². The summed E-state index contributed by atoms with van der Waals surface area (Å²) in [5, 5.41) is 6.33. The minimum Gasteiger partial charge on any atom is -0.497 e. The van der Waals surface area contributed by atoms with E-state index in [4.69, 9.17) is 4.74 Å². The van der Waals surface area contributed by atoms with Crippen LogP contribution in [0.25, 0.3) is 0 Å². The molecule has 29 heavy (non-hydrogen) atoms. The molecule has 1 saturated heterocycles. The number of aromatic nitrogens is 1. The summed E-state index contributed by atoms with van der Waals surface area (Å²) in [4.78, 5) is 23.6. The van der Waals surface area contributed by atoms with Crippen molar-refractivity contribution in [2.24, 2.45) is 0 Å². The minimum absolute atomic E-state index is 0.00361. The molecule has 1 unspecified atom stereocenters. The van der Waals surface area contributed by atoms with Gasteiger partial charge < -0.3 is 19.9 Å². The topological polar surface area (TPSA) is 60.9 Å². The molecule has 2 heterocycles. The fourth-order valence-corrected chi connectivity index (χ4v) is 4.17. The highest BCUT2D eigenvalue weighted by atomic mass is 32.1. The van der Waals surface area contributed by atoms with Crippen molar-refractivity contribution >= 4 is 17.4 Å². The smallest absolute Gasteiger partial charge is 0.317 e. The summed E-state index contributed by atoms with van der Waals surface area (Å²) in [6.45, 7) is 6.66. The Morgan fingerprint density at radius 2 is 2.07 bits per heavy atom. The Morgan fingerprint density at radius 3 is 2.69 bits per heavy atom. The molecule has 1 aromatic heterocycles. The van der Waals surface area contributed by atoms with Crippen LogP contribution >= 0.6 is 11.3 Å². The lowest BCUT2D eigenvalue weighted by molar-refractivity contribution is 0.133. The maximum absolute atomic E-state index is 12.7. The van der Waals surface area contributed by atoms with Crippen LogP contribution in [0.5, 0.6) is 5.75 Å². The SMILES string of the molecule is COc1cccc(C(CNC(=O)N2CCN(Cc3csc(C)n3)CC2)N(C)C)c1. The monoisotopic (exact) mass is 417 g/mol. The van der Waals surface area contributed by atoms with E-state index < -0.39 is 0 Å². The first kappa shape index (κ1) is 21.5. The quantitative estimate of drug-likeness (QED) is 0.750. The van der Waals surface area contributed by atoms with Crippen molar-refractivity contribution in [3.8, 4) is 5.75 Å². The maximum atomic E-state index is 12.7. The molecule has 1 aliphatic heterocycles. The summed E-state index contributed by atoms with van der Waals surface area (Å²) in [6, 6.07) is 8.09. The van der Waals surface area contributed by atoms with Crippen LogP contribution in [-0.4, -0.2) is 79.6 Å². The van der Waals surface area contributed by atoms with E-state index in [-0.39, 0.29) is 12.1 Å². The van der Waals surface area contributed by atoms with E-state index in [9.17, 15) is 4.79 Å². The molecule has 1 atom stereocenters. The number of carbonyl (C=O) groups excluding carboxylic acids is 1. The Kier molecular flexibility index (Phi) is 7.46. The molecule has 0 bridgehead atoms. The van der Waals surface area contributed by atoms with E-state index in [0.29, 0.717) is 6.54 Å². The van der Waals surface area contributed by atoms with Crippen LogP contribution in [0.15, 0.2) is 29.6 Å². The van der Waals surface area contributed by atoms with Gasteiger partial charge in [0.05, 0.1) is 23.9 Å². The molecule has 2 aromatic rings. The van der Waals surface area contributed by atoms with Crippen LogP contribution in [0.1, 0.15) is 22.3 Å². The van der Waals surface area contributed by atoms with Crippen LogP contribution in [0.3, 0.4) is 0 Å². The number of thiazole rings is 1. The number of nitrogens with one attached hydrogen (secondary N) is 1.